The van der Waals surface area contributed by atoms with Crippen LogP contribution in [0.2, 0.25) is 5.02 Å². The van der Waals surface area contributed by atoms with Crippen LogP contribution in [0, 0.1) is 0 Å². The Balaban J connectivity index is 1.68. The number of pyridine rings is 1. The number of imidazole rings is 1. The Hall–Kier alpha value is -3.81. The molecule has 0 radical (unpaired) electrons. The van der Waals surface area contributed by atoms with Crippen LogP contribution in [0.5, 0.6) is 0 Å². The Kier molecular flexibility index (Phi) is 5.26. The number of benzene rings is 2. The lowest BCUT2D eigenvalue weighted by atomic mass is 10.1. The molecule has 7 nitrogen and oxygen atoms in total. The number of halogens is 1. The second-order valence-corrected chi connectivity index (χ2v) is 7.67. The Labute approximate surface area is 188 Å². The molecule has 32 heavy (non-hydrogen) atoms. The van der Waals surface area contributed by atoms with Crippen molar-refractivity contribution in [1.82, 2.24) is 24.1 Å². The molecule has 0 fully saturated rings. The van der Waals surface area contributed by atoms with Gasteiger partial charge in [-0.1, -0.05) is 48.0 Å². The molecule has 5 rings (SSSR count). The van der Waals surface area contributed by atoms with Gasteiger partial charge in [0.1, 0.15) is 17.5 Å². The van der Waals surface area contributed by atoms with Gasteiger partial charge in [-0.25, -0.2) is 19.5 Å². The highest BCUT2D eigenvalue weighted by molar-refractivity contribution is 6.30. The van der Waals surface area contributed by atoms with Crippen molar-refractivity contribution in [3.63, 3.8) is 0 Å². The zero-order valence-electron chi connectivity index (χ0n) is 17.0. The van der Waals surface area contributed by atoms with E-state index in [0.717, 1.165) is 17.0 Å². The monoisotopic (exact) mass is 442 g/mol. The van der Waals surface area contributed by atoms with Crippen molar-refractivity contribution in [2.45, 2.75) is 6.54 Å². The van der Waals surface area contributed by atoms with E-state index >= 15 is 0 Å². The van der Waals surface area contributed by atoms with Gasteiger partial charge in [0, 0.05) is 42.8 Å². The first kappa shape index (κ1) is 20.1. The quantitative estimate of drug-likeness (QED) is 0.445. The highest BCUT2D eigenvalue weighted by Crippen LogP contribution is 2.25. The van der Waals surface area contributed by atoms with Crippen LogP contribution in [0.25, 0.3) is 39.5 Å². The maximum Gasteiger partial charge on any atom is 0.267 e. The van der Waals surface area contributed by atoms with Gasteiger partial charge in [0.25, 0.3) is 5.56 Å². The SMILES string of the molecule is NCCn1ccnc1-c1ccc(-c2nc3ccccc3c(=O)n2-c2ccc(Cl)cn2)cc1. The molecule has 8 heteroatoms. The van der Waals surface area contributed by atoms with E-state index in [1.807, 2.05) is 53.2 Å². The average molecular weight is 443 g/mol. The Morgan fingerprint density at radius 1 is 0.906 bits per heavy atom. The van der Waals surface area contributed by atoms with Crippen LogP contribution in [0.4, 0.5) is 0 Å². The zero-order valence-corrected chi connectivity index (χ0v) is 17.8. The molecule has 3 aromatic heterocycles. The summed E-state index contributed by atoms with van der Waals surface area (Å²) in [5.74, 6) is 1.79. The number of fused-ring (bicyclic) bond motifs is 1. The van der Waals surface area contributed by atoms with E-state index in [2.05, 4.69) is 9.97 Å². The number of hydrogen-bond donors (Lipinski definition) is 1. The molecule has 0 aliphatic carbocycles. The highest BCUT2D eigenvalue weighted by atomic mass is 35.5. The van der Waals surface area contributed by atoms with Crippen LogP contribution < -0.4 is 11.3 Å². The summed E-state index contributed by atoms with van der Waals surface area (Å²) in [5.41, 5.74) is 7.87. The van der Waals surface area contributed by atoms with E-state index in [-0.39, 0.29) is 5.56 Å². The number of nitrogens with two attached hydrogens (primary N) is 1. The third-order valence-corrected chi connectivity index (χ3v) is 5.43. The molecule has 0 aliphatic rings. The number of nitrogens with zero attached hydrogens (tertiary/aromatic N) is 5. The van der Waals surface area contributed by atoms with Gasteiger partial charge in [0.15, 0.2) is 0 Å². The van der Waals surface area contributed by atoms with Crippen LogP contribution in [0.1, 0.15) is 0 Å². The van der Waals surface area contributed by atoms with E-state index in [9.17, 15) is 4.79 Å². The van der Waals surface area contributed by atoms with E-state index in [0.29, 0.717) is 40.7 Å². The fourth-order valence-corrected chi connectivity index (χ4v) is 3.81. The van der Waals surface area contributed by atoms with Crippen LogP contribution in [-0.4, -0.2) is 30.6 Å². The standard InChI is InChI=1S/C24H19ClN6O/c25-18-9-10-21(28-15-18)31-23(29-20-4-2-1-3-19(20)24(31)32)17-7-5-16(6-8-17)22-27-12-14-30(22)13-11-26/h1-10,12,14-15H,11,13,26H2. The van der Waals surface area contributed by atoms with Crippen molar-refractivity contribution in [3.05, 3.63) is 94.6 Å². The molecule has 5 aromatic rings. The molecule has 2 N–H and O–H groups in total. The fraction of sp³-hybridized carbons (Fsp3) is 0.0833. The molecule has 0 atom stereocenters. The van der Waals surface area contributed by atoms with Crippen molar-refractivity contribution in [2.24, 2.45) is 5.73 Å². The first-order valence-electron chi connectivity index (χ1n) is 10.1. The lowest BCUT2D eigenvalue weighted by Gasteiger charge is -2.14. The first-order valence-corrected chi connectivity index (χ1v) is 10.5. The summed E-state index contributed by atoms with van der Waals surface area (Å²) in [6.07, 6.45) is 5.18. The summed E-state index contributed by atoms with van der Waals surface area (Å²) in [5, 5.41) is 1.02. The molecule has 2 aromatic carbocycles. The topological polar surface area (TPSA) is 91.6 Å². The minimum atomic E-state index is -0.192. The summed E-state index contributed by atoms with van der Waals surface area (Å²) in [6, 6.07) is 18.5. The molecule has 0 amide bonds. The van der Waals surface area contributed by atoms with E-state index < -0.39 is 0 Å². The van der Waals surface area contributed by atoms with Crippen LogP contribution in [0.15, 0.2) is 84.0 Å². The minimum Gasteiger partial charge on any atom is -0.330 e. The summed E-state index contributed by atoms with van der Waals surface area (Å²) >= 11 is 6.01. The van der Waals surface area contributed by atoms with Gasteiger partial charge in [-0.3, -0.25) is 4.79 Å². The van der Waals surface area contributed by atoms with Gasteiger partial charge in [-0.2, -0.15) is 0 Å². The minimum absolute atomic E-state index is 0.192. The van der Waals surface area contributed by atoms with E-state index in [1.54, 1.807) is 24.4 Å². The second kappa shape index (κ2) is 8.37. The number of aromatic nitrogens is 5. The largest absolute Gasteiger partial charge is 0.330 e. The van der Waals surface area contributed by atoms with Crippen molar-refractivity contribution >= 4 is 22.5 Å². The van der Waals surface area contributed by atoms with E-state index in [1.165, 1.54) is 10.8 Å². The molecule has 0 saturated carbocycles. The lowest BCUT2D eigenvalue weighted by Crippen LogP contribution is -2.22. The van der Waals surface area contributed by atoms with Gasteiger partial charge in [-0.15, -0.1) is 0 Å². The summed E-state index contributed by atoms with van der Waals surface area (Å²) in [7, 11) is 0. The zero-order chi connectivity index (χ0) is 22.1. The van der Waals surface area contributed by atoms with E-state index in [4.69, 9.17) is 22.3 Å². The molecule has 158 valence electrons. The van der Waals surface area contributed by atoms with Crippen molar-refractivity contribution < 1.29 is 0 Å². The Morgan fingerprint density at radius 2 is 1.66 bits per heavy atom. The molecular weight excluding hydrogens is 424 g/mol. The smallest absolute Gasteiger partial charge is 0.267 e. The third kappa shape index (κ3) is 3.57. The Morgan fingerprint density at radius 3 is 2.38 bits per heavy atom. The van der Waals surface area contributed by atoms with Crippen LogP contribution in [-0.2, 0) is 6.54 Å². The van der Waals surface area contributed by atoms with Crippen LogP contribution in [0.3, 0.4) is 0 Å². The predicted molar refractivity (Wildman–Crippen MR) is 126 cm³/mol. The van der Waals surface area contributed by atoms with Gasteiger partial charge in [0.2, 0.25) is 0 Å². The van der Waals surface area contributed by atoms with Crippen molar-refractivity contribution in [3.8, 4) is 28.6 Å². The third-order valence-electron chi connectivity index (χ3n) is 5.20. The normalized spacial score (nSPS) is 11.2. The lowest BCUT2D eigenvalue weighted by molar-refractivity contribution is 0.715. The Bertz CT molecular complexity index is 1460. The number of hydrogen-bond acceptors (Lipinski definition) is 5. The van der Waals surface area contributed by atoms with Gasteiger partial charge in [-0.05, 0) is 24.3 Å². The molecule has 0 spiro atoms. The summed E-state index contributed by atoms with van der Waals surface area (Å²) in [4.78, 5) is 27.0. The maximum atomic E-state index is 13.4. The first-order chi connectivity index (χ1) is 15.7. The maximum absolute atomic E-state index is 13.4. The van der Waals surface area contributed by atoms with Crippen molar-refractivity contribution in [1.29, 1.82) is 0 Å². The van der Waals surface area contributed by atoms with Crippen molar-refractivity contribution in [2.75, 3.05) is 6.54 Å². The molecule has 0 saturated heterocycles. The van der Waals surface area contributed by atoms with Gasteiger partial charge >= 0.3 is 0 Å². The summed E-state index contributed by atoms with van der Waals surface area (Å²) in [6.45, 7) is 1.22. The average Bonchev–Trinajstić information content (AvgIpc) is 3.28. The fourth-order valence-electron chi connectivity index (χ4n) is 3.70. The second-order valence-electron chi connectivity index (χ2n) is 7.24. The van der Waals surface area contributed by atoms with Gasteiger partial charge < -0.3 is 10.3 Å². The number of para-hydroxylation sites is 1. The highest BCUT2D eigenvalue weighted by Gasteiger charge is 2.16. The molecule has 0 unspecified atom stereocenters. The molecule has 0 bridgehead atoms. The van der Waals surface area contributed by atoms with Crippen LogP contribution >= 0.6 is 11.6 Å². The van der Waals surface area contributed by atoms with Gasteiger partial charge in [0.05, 0.1) is 15.9 Å². The molecular formula is C24H19ClN6O. The molecule has 3 heterocycles. The summed E-state index contributed by atoms with van der Waals surface area (Å²) < 4.78 is 3.53. The molecule has 0 aliphatic heterocycles. The predicted octanol–water partition coefficient (Wildman–Crippen LogP) is 3.92. The number of rotatable bonds is 5.